The average Bonchev–Trinajstić information content (AvgIpc) is 2.66. The average molecular weight is 441 g/mol. The zero-order valence-corrected chi connectivity index (χ0v) is 14.4. The molecule has 0 fully saturated rings. The highest BCUT2D eigenvalue weighted by molar-refractivity contribution is 5.94. The fraction of sp³-hybridized carbons (Fsp3) is 0.211. The van der Waals surface area contributed by atoms with Crippen molar-refractivity contribution in [2.75, 3.05) is 0 Å². The molecule has 0 atom stereocenters. The number of halogens is 10. The fourth-order valence-corrected chi connectivity index (χ4v) is 2.74. The van der Waals surface area contributed by atoms with Gasteiger partial charge in [0.15, 0.2) is 0 Å². The molecule has 3 aromatic rings. The second-order valence-corrected chi connectivity index (χ2v) is 6.30. The number of para-hydroxylation sites is 1. The lowest BCUT2D eigenvalue weighted by Crippen LogP contribution is -2.59. The number of pyridine rings is 1. The van der Waals surface area contributed by atoms with Gasteiger partial charge >= 0.3 is 23.9 Å². The van der Waals surface area contributed by atoms with Crippen LogP contribution in [0.4, 0.5) is 43.9 Å². The topological polar surface area (TPSA) is 12.9 Å². The van der Waals surface area contributed by atoms with Gasteiger partial charge in [0.1, 0.15) is 11.5 Å². The van der Waals surface area contributed by atoms with Crippen LogP contribution in [-0.2, 0) is 5.92 Å². The summed E-state index contributed by atoms with van der Waals surface area (Å²) in [5, 5.41) is 0.106. The van der Waals surface area contributed by atoms with Crippen molar-refractivity contribution in [2.45, 2.75) is 23.9 Å². The predicted molar refractivity (Wildman–Crippen MR) is 87.0 cm³/mol. The van der Waals surface area contributed by atoms with Crippen LogP contribution < -0.4 is 0 Å². The van der Waals surface area contributed by atoms with Gasteiger partial charge in [0, 0.05) is 5.39 Å². The Labute approximate surface area is 162 Å². The lowest BCUT2D eigenvalue weighted by molar-refractivity contribution is -0.400. The van der Waals surface area contributed by atoms with Crippen molar-refractivity contribution in [1.29, 1.82) is 0 Å². The zero-order valence-electron chi connectivity index (χ0n) is 14.4. The Morgan fingerprint density at radius 2 is 1.23 bits per heavy atom. The van der Waals surface area contributed by atoms with E-state index in [0.29, 0.717) is 0 Å². The van der Waals surface area contributed by atoms with E-state index in [1.165, 1.54) is 18.2 Å². The van der Waals surface area contributed by atoms with Crippen LogP contribution in [0.5, 0.6) is 0 Å². The summed E-state index contributed by atoms with van der Waals surface area (Å²) in [7, 11) is 0. The number of fused-ring (bicyclic) bond motifs is 1. The van der Waals surface area contributed by atoms with Gasteiger partial charge in [-0.15, -0.1) is 0 Å². The van der Waals surface area contributed by atoms with E-state index in [-0.39, 0.29) is 28.1 Å². The van der Waals surface area contributed by atoms with Crippen LogP contribution in [-0.4, -0.2) is 23.0 Å². The Morgan fingerprint density at radius 1 is 0.667 bits per heavy atom. The summed E-state index contributed by atoms with van der Waals surface area (Å²) < 4.78 is 133. The molecular weight excluding hydrogens is 432 g/mol. The van der Waals surface area contributed by atoms with Crippen LogP contribution in [0.3, 0.4) is 0 Å². The number of hydrogen-bond donors (Lipinski definition) is 0. The minimum atomic E-state index is -7.03. The van der Waals surface area contributed by atoms with Gasteiger partial charge in [-0.05, 0) is 35.4 Å². The minimum absolute atomic E-state index is 0.0259. The van der Waals surface area contributed by atoms with E-state index in [1.54, 1.807) is 0 Å². The molecule has 160 valence electrons. The smallest absolute Gasteiger partial charge is 0.246 e. The Hall–Kier alpha value is -2.85. The number of benzene rings is 2. The molecule has 3 rings (SSSR count). The first-order valence-electron chi connectivity index (χ1n) is 8.06. The highest BCUT2D eigenvalue weighted by Gasteiger charge is 2.82. The van der Waals surface area contributed by atoms with E-state index in [9.17, 15) is 43.9 Å². The number of hydrogen-bond acceptors (Lipinski definition) is 1. The molecule has 0 amide bonds. The summed E-state index contributed by atoms with van der Waals surface area (Å²) in [6, 6.07) is 9.46. The van der Waals surface area contributed by atoms with E-state index < -0.39 is 35.5 Å². The summed E-state index contributed by atoms with van der Waals surface area (Å²) in [5.74, 6) is -20.6. The number of rotatable bonds is 4. The van der Waals surface area contributed by atoms with Gasteiger partial charge in [0.05, 0.1) is 5.52 Å². The Kier molecular flexibility index (Phi) is 4.99. The van der Waals surface area contributed by atoms with Crippen LogP contribution in [0.25, 0.3) is 22.0 Å². The maximum Gasteiger partial charge on any atom is 0.460 e. The van der Waals surface area contributed by atoms with E-state index in [2.05, 4.69) is 4.98 Å². The second-order valence-electron chi connectivity index (χ2n) is 6.30. The first-order chi connectivity index (χ1) is 13.7. The standard InChI is InChI=1S/C19H9F10N/c20-11-7-5-10(6-8-11)13-9-15(30-14-4-2-1-3-12(13)14)16(21,22)17(23,24)18(25,26)19(27,28)29/h1-9H. The number of aromatic nitrogens is 1. The lowest BCUT2D eigenvalue weighted by Gasteiger charge is -2.33. The van der Waals surface area contributed by atoms with Crippen LogP contribution in [0.15, 0.2) is 54.6 Å². The Bertz CT molecular complexity index is 1070. The highest BCUT2D eigenvalue weighted by atomic mass is 19.4. The van der Waals surface area contributed by atoms with Crippen molar-refractivity contribution in [1.82, 2.24) is 4.98 Å². The summed E-state index contributed by atoms with van der Waals surface area (Å²) in [6.07, 6.45) is -6.93. The zero-order chi connectivity index (χ0) is 22.5. The van der Waals surface area contributed by atoms with Crippen LogP contribution in [0.2, 0.25) is 0 Å². The third-order valence-corrected chi connectivity index (χ3v) is 4.34. The lowest BCUT2D eigenvalue weighted by atomic mass is 9.95. The molecule has 0 aliphatic heterocycles. The molecule has 0 unspecified atom stereocenters. The van der Waals surface area contributed by atoms with E-state index in [4.69, 9.17) is 0 Å². The van der Waals surface area contributed by atoms with E-state index in [1.807, 2.05) is 0 Å². The van der Waals surface area contributed by atoms with Gasteiger partial charge in [0.25, 0.3) is 0 Å². The summed E-state index contributed by atoms with van der Waals surface area (Å²) in [6.45, 7) is 0. The third-order valence-electron chi connectivity index (χ3n) is 4.34. The summed E-state index contributed by atoms with van der Waals surface area (Å²) >= 11 is 0. The first kappa shape index (κ1) is 21.8. The van der Waals surface area contributed by atoms with Gasteiger partial charge in [-0.2, -0.15) is 39.5 Å². The summed E-state index contributed by atoms with van der Waals surface area (Å²) in [5.41, 5.74) is -2.56. The van der Waals surface area contributed by atoms with Gasteiger partial charge < -0.3 is 0 Å². The third kappa shape index (κ3) is 3.25. The van der Waals surface area contributed by atoms with E-state index >= 15 is 0 Å². The molecule has 0 N–H and O–H groups in total. The fourth-order valence-electron chi connectivity index (χ4n) is 2.74. The molecule has 1 heterocycles. The quantitative estimate of drug-likeness (QED) is 0.399. The normalized spacial score (nSPS) is 13.7. The van der Waals surface area contributed by atoms with E-state index in [0.717, 1.165) is 30.3 Å². The van der Waals surface area contributed by atoms with Crippen LogP contribution in [0.1, 0.15) is 5.69 Å². The highest BCUT2D eigenvalue weighted by Crippen LogP contribution is 2.56. The molecule has 0 bridgehead atoms. The van der Waals surface area contributed by atoms with Gasteiger partial charge in [-0.3, -0.25) is 0 Å². The Balaban J connectivity index is 2.27. The largest absolute Gasteiger partial charge is 0.460 e. The number of nitrogens with zero attached hydrogens (tertiary/aromatic N) is 1. The molecule has 0 aliphatic carbocycles. The maximum absolute atomic E-state index is 14.4. The van der Waals surface area contributed by atoms with Crippen molar-refractivity contribution in [3.05, 3.63) is 66.1 Å². The molecule has 0 saturated carbocycles. The Morgan fingerprint density at radius 3 is 1.80 bits per heavy atom. The molecule has 0 saturated heterocycles. The molecule has 2 aromatic carbocycles. The van der Waals surface area contributed by atoms with Crippen molar-refractivity contribution in [3.8, 4) is 11.1 Å². The van der Waals surface area contributed by atoms with Gasteiger partial charge in [-0.25, -0.2) is 9.37 Å². The molecule has 11 heteroatoms. The molecule has 0 radical (unpaired) electrons. The molecular formula is C19H9F10N. The predicted octanol–water partition coefficient (Wildman–Crippen LogP) is 6.97. The van der Waals surface area contributed by atoms with Crippen LogP contribution in [0, 0.1) is 5.82 Å². The van der Waals surface area contributed by atoms with Crippen LogP contribution >= 0.6 is 0 Å². The van der Waals surface area contributed by atoms with Gasteiger partial charge in [-0.1, -0.05) is 30.3 Å². The molecule has 1 nitrogen and oxygen atoms in total. The number of alkyl halides is 9. The monoisotopic (exact) mass is 441 g/mol. The van der Waals surface area contributed by atoms with Gasteiger partial charge in [0.2, 0.25) is 0 Å². The molecule has 0 aliphatic rings. The summed E-state index contributed by atoms with van der Waals surface area (Å²) in [4.78, 5) is 3.21. The first-order valence-corrected chi connectivity index (χ1v) is 8.06. The molecule has 1 aromatic heterocycles. The van der Waals surface area contributed by atoms with Crippen molar-refractivity contribution in [3.63, 3.8) is 0 Å². The van der Waals surface area contributed by atoms with Crippen molar-refractivity contribution in [2.24, 2.45) is 0 Å². The minimum Gasteiger partial charge on any atom is -0.246 e. The molecule has 30 heavy (non-hydrogen) atoms. The maximum atomic E-state index is 14.4. The van der Waals surface area contributed by atoms with Crippen molar-refractivity contribution >= 4 is 10.9 Å². The molecule has 0 spiro atoms. The SMILES string of the molecule is Fc1ccc(-c2cc(C(F)(F)C(F)(F)C(F)(F)C(F)(F)F)nc3ccccc23)cc1. The van der Waals surface area contributed by atoms with Crippen molar-refractivity contribution < 1.29 is 43.9 Å². The second kappa shape index (κ2) is 6.85.